The maximum Gasteiger partial charge on any atom is 0.291 e. The number of fused-ring (bicyclic) bond motifs is 2. The molecule has 1 heterocycles. The Balaban J connectivity index is 1.52. The van der Waals surface area contributed by atoms with E-state index >= 15 is 0 Å². The zero-order valence-corrected chi connectivity index (χ0v) is 17.4. The average molecular weight is 377 g/mol. The van der Waals surface area contributed by atoms with Crippen LogP contribution in [0.2, 0.25) is 0 Å². The number of carbonyl (C=O) groups excluding carboxylic acids is 1. The first kappa shape index (κ1) is 18.4. The fourth-order valence-corrected chi connectivity index (χ4v) is 7.20. The third kappa shape index (κ3) is 3.00. The van der Waals surface area contributed by atoms with E-state index < -0.39 is 0 Å². The Labute approximate surface area is 161 Å². The summed E-state index contributed by atoms with van der Waals surface area (Å²) in [4.78, 5) is 14.1. The smallest absolute Gasteiger partial charge is 0.291 e. The van der Waals surface area contributed by atoms with Crippen LogP contribution < -0.4 is 5.32 Å². The minimum atomic E-state index is -0.0734. The van der Waals surface area contributed by atoms with Gasteiger partial charge in [-0.15, -0.1) is 11.8 Å². The van der Waals surface area contributed by atoms with Gasteiger partial charge in [-0.1, -0.05) is 45.2 Å². The van der Waals surface area contributed by atoms with Gasteiger partial charge in [0.2, 0.25) is 5.76 Å². The predicted molar refractivity (Wildman–Crippen MR) is 104 cm³/mol. The molecule has 0 spiro atoms. The van der Waals surface area contributed by atoms with Crippen LogP contribution in [-0.4, -0.2) is 22.4 Å². The molecule has 3 atom stereocenters. The maximum atomic E-state index is 13.1. The summed E-state index contributed by atoms with van der Waals surface area (Å²) in [5.41, 5.74) is 1.22. The van der Waals surface area contributed by atoms with E-state index in [9.17, 15) is 4.79 Å². The standard InChI is InChI=1S/C21H32N2O2S/c1-13-17(26-15-8-6-5-7-9-15)16(25-23-13)18(24)22-19-20(2,3)14-10-11-21(19,4)12-14/h14-15,19H,5-12H2,1-4H3,(H,22,24). The molecule has 3 aliphatic rings. The summed E-state index contributed by atoms with van der Waals surface area (Å²) < 4.78 is 5.51. The van der Waals surface area contributed by atoms with Gasteiger partial charge in [0.1, 0.15) is 0 Å². The summed E-state index contributed by atoms with van der Waals surface area (Å²) >= 11 is 1.81. The lowest BCUT2D eigenvalue weighted by Crippen LogP contribution is -2.52. The first-order valence-electron chi connectivity index (χ1n) is 10.2. The minimum Gasteiger partial charge on any atom is -0.350 e. The molecular weight excluding hydrogens is 344 g/mol. The van der Waals surface area contributed by atoms with Gasteiger partial charge >= 0.3 is 0 Å². The van der Waals surface area contributed by atoms with Crippen molar-refractivity contribution in [3.8, 4) is 0 Å². The molecule has 1 N–H and O–H groups in total. The number of thioether (sulfide) groups is 1. The lowest BCUT2D eigenvalue weighted by atomic mass is 9.68. The summed E-state index contributed by atoms with van der Waals surface area (Å²) in [6.07, 6.45) is 10.1. The highest BCUT2D eigenvalue weighted by Gasteiger charge is 2.59. The van der Waals surface area contributed by atoms with Gasteiger partial charge in [0.15, 0.2) is 0 Å². The van der Waals surface area contributed by atoms with Crippen molar-refractivity contribution in [1.82, 2.24) is 10.5 Å². The molecule has 3 saturated carbocycles. The zero-order chi connectivity index (χ0) is 18.5. The second kappa shape index (κ2) is 6.57. The Morgan fingerprint density at radius 3 is 2.58 bits per heavy atom. The number of nitrogens with zero attached hydrogens (tertiary/aromatic N) is 1. The van der Waals surface area contributed by atoms with Gasteiger partial charge < -0.3 is 9.84 Å². The lowest BCUT2D eigenvalue weighted by Gasteiger charge is -2.42. The highest BCUT2D eigenvalue weighted by Crippen LogP contribution is 2.62. The van der Waals surface area contributed by atoms with Crippen LogP contribution in [0.15, 0.2) is 9.42 Å². The number of hydrogen-bond donors (Lipinski definition) is 1. The average Bonchev–Trinajstić information content (AvgIpc) is 3.22. The molecule has 1 amide bonds. The van der Waals surface area contributed by atoms with Crippen LogP contribution in [0.1, 0.15) is 88.4 Å². The fraction of sp³-hybridized carbons (Fsp3) is 0.810. The topological polar surface area (TPSA) is 55.1 Å². The SMILES string of the molecule is Cc1noc(C(=O)NC2C3(C)CCC(C3)C2(C)C)c1SC1CCCCC1. The van der Waals surface area contributed by atoms with E-state index in [0.29, 0.717) is 16.9 Å². The normalized spacial score (nSPS) is 33.5. The van der Waals surface area contributed by atoms with Gasteiger partial charge in [-0.2, -0.15) is 0 Å². The van der Waals surface area contributed by atoms with Crippen molar-refractivity contribution in [2.24, 2.45) is 16.7 Å². The van der Waals surface area contributed by atoms with Crippen molar-refractivity contribution in [1.29, 1.82) is 0 Å². The quantitative estimate of drug-likeness (QED) is 0.769. The molecule has 3 unspecified atom stereocenters. The Morgan fingerprint density at radius 1 is 1.19 bits per heavy atom. The van der Waals surface area contributed by atoms with Gasteiger partial charge in [0.25, 0.3) is 5.91 Å². The first-order valence-corrected chi connectivity index (χ1v) is 11.1. The second-order valence-electron chi connectivity index (χ2n) is 9.63. The number of aromatic nitrogens is 1. The van der Waals surface area contributed by atoms with Gasteiger partial charge in [-0.25, -0.2) is 0 Å². The van der Waals surface area contributed by atoms with E-state index in [1.54, 1.807) is 0 Å². The maximum absolute atomic E-state index is 13.1. The predicted octanol–water partition coefficient (Wildman–Crippen LogP) is 5.35. The molecule has 1 aromatic rings. The Kier molecular flexibility index (Phi) is 4.65. The Hall–Kier alpha value is -0.970. The van der Waals surface area contributed by atoms with E-state index in [4.69, 9.17) is 4.52 Å². The summed E-state index contributed by atoms with van der Waals surface area (Å²) in [6, 6.07) is 0.208. The molecule has 4 nitrogen and oxygen atoms in total. The van der Waals surface area contributed by atoms with Gasteiger partial charge in [-0.3, -0.25) is 4.79 Å². The molecule has 0 aromatic carbocycles. The highest BCUT2D eigenvalue weighted by atomic mass is 32.2. The molecule has 0 radical (unpaired) electrons. The number of nitrogens with one attached hydrogen (secondary N) is 1. The molecule has 5 heteroatoms. The van der Waals surface area contributed by atoms with Crippen molar-refractivity contribution >= 4 is 17.7 Å². The van der Waals surface area contributed by atoms with E-state index in [0.717, 1.165) is 10.6 Å². The van der Waals surface area contributed by atoms with E-state index in [-0.39, 0.29) is 22.8 Å². The summed E-state index contributed by atoms with van der Waals surface area (Å²) in [5, 5.41) is 8.07. The Morgan fingerprint density at radius 2 is 1.92 bits per heavy atom. The van der Waals surface area contributed by atoms with E-state index in [2.05, 4.69) is 31.2 Å². The van der Waals surface area contributed by atoms with Crippen molar-refractivity contribution in [3.63, 3.8) is 0 Å². The number of aryl methyl sites for hydroxylation is 1. The lowest BCUT2D eigenvalue weighted by molar-refractivity contribution is 0.0702. The van der Waals surface area contributed by atoms with Crippen LogP contribution >= 0.6 is 11.8 Å². The minimum absolute atomic E-state index is 0.0734. The number of carbonyl (C=O) groups is 1. The molecule has 4 rings (SSSR count). The highest BCUT2D eigenvalue weighted by molar-refractivity contribution is 8.00. The summed E-state index contributed by atoms with van der Waals surface area (Å²) in [6.45, 7) is 8.93. The molecular formula is C21H32N2O2S. The number of amides is 1. The van der Waals surface area contributed by atoms with Gasteiger partial charge in [0, 0.05) is 11.3 Å². The Bertz CT molecular complexity index is 687. The number of rotatable bonds is 4. The molecule has 144 valence electrons. The molecule has 2 bridgehead atoms. The third-order valence-corrected chi connectivity index (χ3v) is 8.92. The van der Waals surface area contributed by atoms with Crippen LogP contribution in [0, 0.1) is 23.7 Å². The molecule has 3 fully saturated rings. The second-order valence-corrected chi connectivity index (χ2v) is 10.9. The van der Waals surface area contributed by atoms with Crippen LogP contribution in [0.25, 0.3) is 0 Å². The molecule has 1 aromatic heterocycles. The van der Waals surface area contributed by atoms with Gasteiger partial charge in [0.05, 0.1) is 10.6 Å². The molecule has 0 aliphatic heterocycles. The zero-order valence-electron chi connectivity index (χ0n) is 16.6. The fourth-order valence-electron chi connectivity index (χ4n) is 5.85. The van der Waals surface area contributed by atoms with Crippen LogP contribution in [0.5, 0.6) is 0 Å². The van der Waals surface area contributed by atoms with E-state index in [1.807, 2.05) is 18.7 Å². The molecule has 0 saturated heterocycles. The van der Waals surface area contributed by atoms with Crippen LogP contribution in [-0.2, 0) is 0 Å². The third-order valence-electron chi connectivity index (χ3n) is 7.40. The number of hydrogen-bond acceptors (Lipinski definition) is 4. The monoisotopic (exact) mass is 376 g/mol. The first-order chi connectivity index (χ1) is 12.3. The van der Waals surface area contributed by atoms with Crippen LogP contribution in [0.3, 0.4) is 0 Å². The van der Waals surface area contributed by atoms with Crippen molar-refractivity contribution in [2.45, 2.75) is 95.2 Å². The van der Waals surface area contributed by atoms with Crippen molar-refractivity contribution in [2.75, 3.05) is 0 Å². The summed E-state index contributed by atoms with van der Waals surface area (Å²) in [7, 11) is 0. The van der Waals surface area contributed by atoms with Gasteiger partial charge in [-0.05, 0) is 55.8 Å². The summed E-state index contributed by atoms with van der Waals surface area (Å²) in [5.74, 6) is 1.07. The van der Waals surface area contributed by atoms with Crippen LogP contribution in [0.4, 0.5) is 0 Å². The molecule has 3 aliphatic carbocycles. The van der Waals surface area contributed by atoms with Crippen molar-refractivity contribution < 1.29 is 9.32 Å². The largest absolute Gasteiger partial charge is 0.350 e. The molecule has 26 heavy (non-hydrogen) atoms. The van der Waals surface area contributed by atoms with E-state index in [1.165, 1.54) is 51.4 Å². The van der Waals surface area contributed by atoms with Crippen molar-refractivity contribution in [3.05, 3.63) is 11.5 Å².